The number of ether oxygens (including phenoxy) is 1. The molecule has 2 aliphatic rings. The summed E-state index contributed by atoms with van der Waals surface area (Å²) in [4.78, 5) is 29.8. The van der Waals surface area contributed by atoms with Crippen molar-refractivity contribution < 1.29 is 24.3 Å². The predicted octanol–water partition coefficient (Wildman–Crippen LogP) is 1.86. The van der Waals surface area contributed by atoms with Crippen LogP contribution in [0.1, 0.15) is 21.5 Å². The molecule has 6 heteroatoms. The van der Waals surface area contributed by atoms with Crippen LogP contribution in [0.3, 0.4) is 0 Å². The second kappa shape index (κ2) is 5.21. The molecule has 0 saturated heterocycles. The smallest absolute Gasteiger partial charge is 0.343 e. The lowest BCUT2D eigenvalue weighted by Crippen LogP contribution is -2.42. The van der Waals surface area contributed by atoms with Crippen LogP contribution in [0, 0.1) is 0 Å². The zero-order valence-electron chi connectivity index (χ0n) is 12.5. The summed E-state index contributed by atoms with van der Waals surface area (Å²) in [7, 11) is 0. The number of rotatable bonds is 3. The number of hydroxylamine groups is 2. The molecule has 1 atom stereocenters. The Bertz CT molecular complexity index is 861. The fraction of sp³-hybridized carbons (Fsp3) is 0.111. The highest BCUT2D eigenvalue weighted by Crippen LogP contribution is 2.46. The second-order valence-electron chi connectivity index (χ2n) is 5.52. The Kier molecular flexibility index (Phi) is 3.14. The van der Waals surface area contributed by atoms with E-state index >= 15 is 0 Å². The molecular weight excluding hydrogens is 310 g/mol. The fourth-order valence-electron chi connectivity index (χ4n) is 2.90. The number of benzene rings is 2. The van der Waals surface area contributed by atoms with E-state index in [9.17, 15) is 14.7 Å². The van der Waals surface area contributed by atoms with Crippen LogP contribution in [0.2, 0.25) is 0 Å². The van der Waals surface area contributed by atoms with Crippen molar-refractivity contribution in [2.45, 2.75) is 12.3 Å². The van der Waals surface area contributed by atoms with E-state index in [0.29, 0.717) is 11.1 Å². The molecule has 1 amide bonds. The van der Waals surface area contributed by atoms with Crippen LogP contribution >= 0.6 is 0 Å². The molecule has 2 heterocycles. The SMILES string of the molecule is O=C(OCc1ccccc1)C1=CON2C(=O)c3ccccc3C12O. The molecule has 0 saturated carbocycles. The quantitative estimate of drug-likeness (QED) is 0.873. The van der Waals surface area contributed by atoms with Gasteiger partial charge in [0, 0.05) is 5.56 Å². The van der Waals surface area contributed by atoms with Crippen molar-refractivity contribution in [3.05, 3.63) is 83.1 Å². The average Bonchev–Trinajstić information content (AvgIpc) is 3.07. The highest BCUT2D eigenvalue weighted by atomic mass is 16.7. The van der Waals surface area contributed by atoms with Gasteiger partial charge in [-0.25, -0.2) is 4.79 Å². The topological polar surface area (TPSA) is 76.1 Å². The Balaban J connectivity index is 1.61. The maximum Gasteiger partial charge on any atom is 0.343 e. The number of carbonyl (C=O) groups excluding carboxylic acids is 2. The molecule has 0 aliphatic carbocycles. The van der Waals surface area contributed by atoms with Crippen molar-refractivity contribution in [3.8, 4) is 0 Å². The third-order valence-electron chi connectivity index (χ3n) is 4.10. The first-order valence-electron chi connectivity index (χ1n) is 7.37. The molecule has 120 valence electrons. The van der Waals surface area contributed by atoms with E-state index in [1.54, 1.807) is 24.3 Å². The van der Waals surface area contributed by atoms with Gasteiger partial charge in [-0.3, -0.25) is 4.79 Å². The third kappa shape index (κ3) is 1.93. The molecule has 24 heavy (non-hydrogen) atoms. The Morgan fingerprint density at radius 2 is 1.83 bits per heavy atom. The molecular formula is C18H13NO5. The maximum absolute atomic E-state index is 12.4. The molecule has 1 N–H and O–H groups in total. The standard InChI is InChI=1S/C18H13NO5/c20-16-13-8-4-5-9-14(13)18(22)15(11-24-19(16)18)17(21)23-10-12-6-2-1-3-7-12/h1-9,11,22H,10H2. The van der Waals surface area contributed by atoms with Gasteiger partial charge in [0.2, 0.25) is 5.72 Å². The predicted molar refractivity (Wildman–Crippen MR) is 81.9 cm³/mol. The van der Waals surface area contributed by atoms with E-state index in [4.69, 9.17) is 9.57 Å². The molecule has 6 nitrogen and oxygen atoms in total. The number of aliphatic hydroxyl groups is 1. The minimum absolute atomic E-state index is 0.0582. The Morgan fingerprint density at radius 3 is 2.62 bits per heavy atom. The zero-order valence-corrected chi connectivity index (χ0v) is 12.5. The number of hydrogen-bond acceptors (Lipinski definition) is 5. The van der Waals surface area contributed by atoms with Gasteiger partial charge in [0.15, 0.2) is 0 Å². The summed E-state index contributed by atoms with van der Waals surface area (Å²) in [6.45, 7) is 0.0582. The van der Waals surface area contributed by atoms with E-state index in [2.05, 4.69) is 0 Å². The summed E-state index contributed by atoms with van der Waals surface area (Å²) < 4.78 is 5.25. The average molecular weight is 323 g/mol. The summed E-state index contributed by atoms with van der Waals surface area (Å²) in [6, 6.07) is 15.7. The van der Waals surface area contributed by atoms with Crippen LogP contribution in [0.4, 0.5) is 0 Å². The van der Waals surface area contributed by atoms with Crippen molar-refractivity contribution in [3.63, 3.8) is 0 Å². The molecule has 1 unspecified atom stereocenters. The van der Waals surface area contributed by atoms with E-state index in [1.807, 2.05) is 30.3 Å². The largest absolute Gasteiger partial charge is 0.457 e. The van der Waals surface area contributed by atoms with Gasteiger partial charge in [-0.1, -0.05) is 48.5 Å². The van der Waals surface area contributed by atoms with Crippen molar-refractivity contribution in [1.29, 1.82) is 0 Å². The van der Waals surface area contributed by atoms with E-state index < -0.39 is 17.6 Å². The van der Waals surface area contributed by atoms with Gasteiger partial charge < -0.3 is 14.7 Å². The van der Waals surface area contributed by atoms with Crippen LogP contribution < -0.4 is 0 Å². The number of hydrogen-bond donors (Lipinski definition) is 1. The maximum atomic E-state index is 12.4. The second-order valence-corrected chi connectivity index (χ2v) is 5.52. The van der Waals surface area contributed by atoms with Crippen LogP contribution in [-0.4, -0.2) is 22.0 Å². The number of fused-ring (bicyclic) bond motifs is 3. The van der Waals surface area contributed by atoms with Crippen molar-refractivity contribution in [2.75, 3.05) is 0 Å². The molecule has 2 aromatic rings. The molecule has 2 aliphatic heterocycles. The fourth-order valence-corrected chi connectivity index (χ4v) is 2.90. The molecule has 0 fully saturated rings. The third-order valence-corrected chi connectivity index (χ3v) is 4.10. The first-order valence-corrected chi connectivity index (χ1v) is 7.37. The highest BCUT2D eigenvalue weighted by Gasteiger charge is 2.59. The number of nitrogens with zero attached hydrogens (tertiary/aromatic N) is 1. The van der Waals surface area contributed by atoms with Crippen LogP contribution in [0.5, 0.6) is 0 Å². The van der Waals surface area contributed by atoms with Crippen molar-refractivity contribution in [1.82, 2.24) is 5.06 Å². The van der Waals surface area contributed by atoms with Crippen LogP contribution in [0.25, 0.3) is 0 Å². The first-order chi connectivity index (χ1) is 11.6. The highest BCUT2D eigenvalue weighted by molar-refractivity contribution is 6.03. The normalized spacial score (nSPS) is 21.0. The van der Waals surface area contributed by atoms with Crippen molar-refractivity contribution >= 4 is 11.9 Å². The lowest BCUT2D eigenvalue weighted by Gasteiger charge is -2.25. The Morgan fingerprint density at radius 1 is 1.12 bits per heavy atom. The first kappa shape index (κ1) is 14.5. The van der Waals surface area contributed by atoms with Gasteiger partial charge in [0.05, 0.1) is 5.56 Å². The Hall–Kier alpha value is -3.12. The molecule has 0 radical (unpaired) electrons. The molecule has 0 aromatic heterocycles. The van der Waals surface area contributed by atoms with Gasteiger partial charge in [0.1, 0.15) is 18.4 Å². The number of esters is 1. The molecule has 0 bridgehead atoms. The molecule has 2 aromatic carbocycles. The summed E-state index contributed by atoms with van der Waals surface area (Å²) in [5.74, 6) is -1.25. The summed E-state index contributed by atoms with van der Waals surface area (Å²) in [6.07, 6.45) is 1.06. The Labute approximate surface area is 137 Å². The van der Waals surface area contributed by atoms with Crippen LogP contribution in [0.15, 0.2) is 66.4 Å². The summed E-state index contributed by atoms with van der Waals surface area (Å²) in [5.41, 5.74) is -0.674. The van der Waals surface area contributed by atoms with Gasteiger partial charge in [-0.2, -0.15) is 0 Å². The molecule has 0 spiro atoms. The molecule has 4 rings (SSSR count). The summed E-state index contributed by atoms with van der Waals surface area (Å²) >= 11 is 0. The van der Waals surface area contributed by atoms with E-state index in [0.717, 1.165) is 16.9 Å². The lowest BCUT2D eigenvalue weighted by atomic mass is 9.95. The van der Waals surface area contributed by atoms with Gasteiger partial charge in [-0.05, 0) is 11.6 Å². The number of amides is 1. The minimum atomic E-state index is -1.96. The van der Waals surface area contributed by atoms with Crippen molar-refractivity contribution in [2.24, 2.45) is 0 Å². The zero-order chi connectivity index (χ0) is 16.7. The van der Waals surface area contributed by atoms with E-state index in [1.165, 1.54) is 0 Å². The van der Waals surface area contributed by atoms with Gasteiger partial charge in [-0.15, -0.1) is 5.06 Å². The van der Waals surface area contributed by atoms with Gasteiger partial charge in [0.25, 0.3) is 5.91 Å². The van der Waals surface area contributed by atoms with E-state index in [-0.39, 0.29) is 12.2 Å². The van der Waals surface area contributed by atoms with Gasteiger partial charge >= 0.3 is 5.97 Å². The summed E-state index contributed by atoms with van der Waals surface area (Å²) in [5, 5.41) is 11.8. The minimum Gasteiger partial charge on any atom is -0.457 e. The monoisotopic (exact) mass is 323 g/mol. The lowest BCUT2D eigenvalue weighted by molar-refractivity contribution is -0.188. The number of carbonyl (C=O) groups is 2. The van der Waals surface area contributed by atoms with Crippen LogP contribution in [-0.2, 0) is 26.7 Å².